The zero-order valence-electron chi connectivity index (χ0n) is 14.4. The van der Waals surface area contributed by atoms with Gasteiger partial charge in [-0.15, -0.1) is 0 Å². The predicted octanol–water partition coefficient (Wildman–Crippen LogP) is 3.96. The van der Waals surface area contributed by atoms with E-state index in [-0.39, 0.29) is 17.6 Å². The third kappa shape index (κ3) is 3.51. The number of methoxy groups -OCH3 is 1. The van der Waals surface area contributed by atoms with Gasteiger partial charge >= 0.3 is 0 Å². The van der Waals surface area contributed by atoms with Gasteiger partial charge in [0.1, 0.15) is 17.1 Å². The molecule has 0 fully saturated rings. The minimum Gasteiger partial charge on any atom is -0.496 e. The maximum atomic E-state index is 12.8. The lowest BCUT2D eigenvalue weighted by molar-refractivity contribution is 0.0619. The summed E-state index contributed by atoms with van der Waals surface area (Å²) in [6, 6.07) is 10.6. The topological polar surface area (TPSA) is 73.6 Å². The highest BCUT2D eigenvalue weighted by molar-refractivity contribution is 6.33. The monoisotopic (exact) mass is 360 g/mol. The first-order chi connectivity index (χ1) is 11.8. The molecule has 132 valence electrons. The number of nitrogens with one attached hydrogen (secondary N) is 1. The fourth-order valence-corrected chi connectivity index (χ4v) is 3.25. The predicted molar refractivity (Wildman–Crippen MR) is 98.4 cm³/mol. The minimum absolute atomic E-state index is 0.173. The number of nitrogen functional groups attached to an aromatic ring is 1. The van der Waals surface area contributed by atoms with E-state index in [2.05, 4.69) is 5.32 Å². The second-order valence-electron chi connectivity index (χ2n) is 6.70. The molecule has 0 aromatic heterocycles. The molecule has 1 atom stereocenters. The smallest absolute Gasteiger partial charge is 0.255 e. The van der Waals surface area contributed by atoms with Gasteiger partial charge in [-0.05, 0) is 26.0 Å². The molecular formula is C19H21ClN2O3. The molecule has 1 amide bonds. The summed E-state index contributed by atoms with van der Waals surface area (Å²) in [6.45, 7) is 4.01. The van der Waals surface area contributed by atoms with Crippen LogP contribution < -0.4 is 20.5 Å². The zero-order chi connectivity index (χ0) is 18.2. The van der Waals surface area contributed by atoms with Gasteiger partial charge < -0.3 is 20.5 Å². The van der Waals surface area contributed by atoms with Crippen LogP contribution in [0.3, 0.4) is 0 Å². The van der Waals surface area contributed by atoms with Crippen LogP contribution in [0.4, 0.5) is 5.69 Å². The van der Waals surface area contributed by atoms with Crippen LogP contribution in [0.2, 0.25) is 5.02 Å². The molecule has 1 unspecified atom stereocenters. The van der Waals surface area contributed by atoms with Gasteiger partial charge in [-0.2, -0.15) is 0 Å². The van der Waals surface area contributed by atoms with Crippen molar-refractivity contribution in [3.05, 3.63) is 52.5 Å². The summed E-state index contributed by atoms with van der Waals surface area (Å²) >= 11 is 6.08. The largest absolute Gasteiger partial charge is 0.496 e. The third-order valence-corrected chi connectivity index (χ3v) is 4.57. The second kappa shape index (κ2) is 6.48. The van der Waals surface area contributed by atoms with Gasteiger partial charge in [-0.25, -0.2) is 0 Å². The standard InChI is InChI=1S/C19H21ClN2O3/c1-19(2)10-15(11-6-4-5-7-16(11)25-19)22-18(23)12-8-13(20)14(21)9-17(12)24-3/h4-9,15H,10,21H2,1-3H3,(H,22,23). The molecule has 1 aliphatic rings. The number of rotatable bonds is 3. The number of anilines is 1. The van der Waals surface area contributed by atoms with Crippen molar-refractivity contribution in [2.24, 2.45) is 0 Å². The molecule has 3 N–H and O–H groups in total. The summed E-state index contributed by atoms with van der Waals surface area (Å²) in [5, 5.41) is 3.39. The van der Waals surface area contributed by atoms with Crippen molar-refractivity contribution >= 4 is 23.2 Å². The highest BCUT2D eigenvalue weighted by Gasteiger charge is 2.34. The maximum absolute atomic E-state index is 12.8. The molecule has 3 rings (SSSR count). The molecule has 0 radical (unpaired) electrons. The SMILES string of the molecule is COc1cc(N)c(Cl)cc1C(=O)NC1CC(C)(C)Oc2ccccc21. The van der Waals surface area contributed by atoms with Crippen molar-refractivity contribution in [1.29, 1.82) is 0 Å². The van der Waals surface area contributed by atoms with Gasteiger partial charge in [0.25, 0.3) is 5.91 Å². The molecule has 0 aliphatic carbocycles. The summed E-state index contributed by atoms with van der Waals surface area (Å²) in [5.74, 6) is 0.904. The van der Waals surface area contributed by atoms with Crippen molar-refractivity contribution in [3.8, 4) is 11.5 Å². The van der Waals surface area contributed by atoms with Crippen LogP contribution >= 0.6 is 11.6 Å². The number of para-hydroxylation sites is 1. The van der Waals surface area contributed by atoms with E-state index in [4.69, 9.17) is 26.8 Å². The highest BCUT2D eigenvalue weighted by Crippen LogP contribution is 2.39. The van der Waals surface area contributed by atoms with Crippen molar-refractivity contribution in [3.63, 3.8) is 0 Å². The number of hydrogen-bond donors (Lipinski definition) is 2. The summed E-state index contributed by atoms with van der Waals surface area (Å²) < 4.78 is 11.3. The molecule has 0 saturated carbocycles. The van der Waals surface area contributed by atoms with Crippen LogP contribution in [-0.2, 0) is 0 Å². The third-order valence-electron chi connectivity index (χ3n) is 4.25. The van der Waals surface area contributed by atoms with Crippen molar-refractivity contribution < 1.29 is 14.3 Å². The first kappa shape index (κ1) is 17.4. The average molecular weight is 361 g/mol. The van der Waals surface area contributed by atoms with E-state index in [1.165, 1.54) is 13.2 Å². The van der Waals surface area contributed by atoms with Gasteiger partial charge in [0.15, 0.2) is 0 Å². The van der Waals surface area contributed by atoms with E-state index < -0.39 is 0 Å². The highest BCUT2D eigenvalue weighted by atomic mass is 35.5. The molecule has 0 spiro atoms. The number of carbonyl (C=O) groups excluding carboxylic acids is 1. The fraction of sp³-hybridized carbons (Fsp3) is 0.316. The first-order valence-corrected chi connectivity index (χ1v) is 8.40. The summed E-state index contributed by atoms with van der Waals surface area (Å²) in [4.78, 5) is 12.8. The Hall–Kier alpha value is -2.40. The molecule has 25 heavy (non-hydrogen) atoms. The number of amides is 1. The lowest BCUT2D eigenvalue weighted by Gasteiger charge is -2.37. The van der Waals surface area contributed by atoms with Crippen LogP contribution in [-0.4, -0.2) is 18.6 Å². The Morgan fingerprint density at radius 2 is 2.08 bits per heavy atom. The lowest BCUT2D eigenvalue weighted by Crippen LogP contribution is -2.41. The molecule has 1 aliphatic heterocycles. The number of fused-ring (bicyclic) bond motifs is 1. The van der Waals surface area contributed by atoms with Crippen LogP contribution in [0.15, 0.2) is 36.4 Å². The fourth-order valence-electron chi connectivity index (χ4n) is 3.08. The van der Waals surface area contributed by atoms with Crippen LogP contribution in [0, 0.1) is 0 Å². The molecule has 1 heterocycles. The molecule has 0 bridgehead atoms. The van der Waals surface area contributed by atoms with Gasteiger partial charge in [-0.1, -0.05) is 29.8 Å². The van der Waals surface area contributed by atoms with Crippen molar-refractivity contribution in [2.75, 3.05) is 12.8 Å². The van der Waals surface area contributed by atoms with Gasteiger partial charge in [0.05, 0.1) is 29.4 Å². The Morgan fingerprint density at radius 1 is 1.36 bits per heavy atom. The number of benzene rings is 2. The Morgan fingerprint density at radius 3 is 2.80 bits per heavy atom. The molecule has 5 nitrogen and oxygen atoms in total. The zero-order valence-corrected chi connectivity index (χ0v) is 15.2. The van der Waals surface area contributed by atoms with Gasteiger partial charge in [0.2, 0.25) is 0 Å². The number of hydrogen-bond acceptors (Lipinski definition) is 4. The number of halogens is 1. The minimum atomic E-state index is -0.380. The Bertz CT molecular complexity index is 820. The van der Waals surface area contributed by atoms with Gasteiger partial charge in [-0.3, -0.25) is 4.79 Å². The molecule has 6 heteroatoms. The number of nitrogens with two attached hydrogens (primary N) is 1. The number of ether oxygens (including phenoxy) is 2. The summed E-state index contributed by atoms with van der Waals surface area (Å²) in [7, 11) is 1.49. The molecular weight excluding hydrogens is 340 g/mol. The molecule has 2 aromatic rings. The van der Waals surface area contributed by atoms with Gasteiger partial charge in [0, 0.05) is 18.1 Å². The summed E-state index contributed by atoms with van der Waals surface area (Å²) in [5.41, 5.74) is 7.08. The van der Waals surface area contributed by atoms with Crippen molar-refractivity contribution in [2.45, 2.75) is 31.9 Å². The van der Waals surface area contributed by atoms with E-state index in [1.807, 2.05) is 38.1 Å². The second-order valence-corrected chi connectivity index (χ2v) is 7.11. The quantitative estimate of drug-likeness (QED) is 0.812. The van der Waals surface area contributed by atoms with Crippen LogP contribution in [0.1, 0.15) is 42.2 Å². The Labute approximate surface area is 152 Å². The normalized spacial score (nSPS) is 18.0. The van der Waals surface area contributed by atoms with E-state index in [1.54, 1.807) is 6.07 Å². The van der Waals surface area contributed by atoms with E-state index in [0.29, 0.717) is 28.4 Å². The Balaban J connectivity index is 1.92. The lowest BCUT2D eigenvalue weighted by atomic mass is 9.89. The van der Waals surface area contributed by atoms with E-state index in [0.717, 1.165) is 11.3 Å². The number of carbonyl (C=O) groups is 1. The average Bonchev–Trinajstić information content (AvgIpc) is 2.55. The van der Waals surface area contributed by atoms with Crippen LogP contribution in [0.5, 0.6) is 11.5 Å². The maximum Gasteiger partial charge on any atom is 0.255 e. The molecule has 2 aromatic carbocycles. The molecule has 0 saturated heterocycles. The van der Waals surface area contributed by atoms with Crippen LogP contribution in [0.25, 0.3) is 0 Å². The van der Waals surface area contributed by atoms with Crippen molar-refractivity contribution in [1.82, 2.24) is 5.32 Å². The summed E-state index contributed by atoms with van der Waals surface area (Å²) in [6.07, 6.45) is 0.654. The Kier molecular flexibility index (Phi) is 4.52. The first-order valence-electron chi connectivity index (χ1n) is 8.02. The van der Waals surface area contributed by atoms with E-state index >= 15 is 0 Å². The van der Waals surface area contributed by atoms with E-state index in [9.17, 15) is 4.79 Å².